The molecule has 1 amide bonds. The summed E-state index contributed by atoms with van der Waals surface area (Å²) in [7, 11) is 0. The number of hydrogen-bond donors (Lipinski definition) is 0. The summed E-state index contributed by atoms with van der Waals surface area (Å²) < 4.78 is 0. The van der Waals surface area contributed by atoms with Gasteiger partial charge in [-0.3, -0.25) is 4.79 Å². The first-order valence-corrected chi connectivity index (χ1v) is 8.06. The third-order valence-corrected chi connectivity index (χ3v) is 4.63. The highest BCUT2D eigenvalue weighted by Crippen LogP contribution is 2.28. The zero-order valence-electron chi connectivity index (χ0n) is 13.4. The Morgan fingerprint density at radius 3 is 1.91 bits per heavy atom. The molecule has 1 heterocycles. The first kappa shape index (κ1) is 14.8. The SMILES string of the molecule is Cc1ccc(C(=O)N2CCC(c3ccc(C)cc3)CC2)cc1. The quantitative estimate of drug-likeness (QED) is 0.807. The van der Waals surface area contributed by atoms with Crippen LogP contribution >= 0.6 is 0 Å². The van der Waals surface area contributed by atoms with Gasteiger partial charge in [0.15, 0.2) is 0 Å². The van der Waals surface area contributed by atoms with E-state index in [9.17, 15) is 4.79 Å². The lowest BCUT2D eigenvalue weighted by molar-refractivity contribution is 0.0713. The molecule has 0 aliphatic carbocycles. The molecule has 0 radical (unpaired) electrons. The van der Waals surface area contributed by atoms with E-state index in [1.807, 2.05) is 36.1 Å². The molecule has 0 unspecified atom stereocenters. The fourth-order valence-electron chi connectivity index (χ4n) is 3.13. The largest absolute Gasteiger partial charge is 0.339 e. The third kappa shape index (κ3) is 3.22. The predicted molar refractivity (Wildman–Crippen MR) is 90.2 cm³/mol. The molecule has 0 saturated carbocycles. The van der Waals surface area contributed by atoms with Crippen LogP contribution in [0.5, 0.6) is 0 Å². The molecule has 1 aliphatic heterocycles. The average Bonchev–Trinajstić information content (AvgIpc) is 2.56. The molecule has 2 aromatic rings. The molecule has 2 heteroatoms. The molecular weight excluding hydrogens is 270 g/mol. The highest BCUT2D eigenvalue weighted by molar-refractivity contribution is 5.94. The summed E-state index contributed by atoms with van der Waals surface area (Å²) in [6.07, 6.45) is 2.11. The van der Waals surface area contributed by atoms with Gasteiger partial charge in [0.2, 0.25) is 0 Å². The second-order valence-electron chi connectivity index (χ2n) is 6.34. The van der Waals surface area contributed by atoms with Crippen molar-refractivity contribution in [1.82, 2.24) is 4.90 Å². The molecule has 1 fully saturated rings. The van der Waals surface area contributed by atoms with Crippen molar-refractivity contribution in [2.45, 2.75) is 32.6 Å². The summed E-state index contributed by atoms with van der Waals surface area (Å²) in [4.78, 5) is 14.5. The van der Waals surface area contributed by atoms with Crippen LogP contribution in [0.4, 0.5) is 0 Å². The second-order valence-corrected chi connectivity index (χ2v) is 6.34. The average molecular weight is 293 g/mol. The summed E-state index contributed by atoms with van der Waals surface area (Å²) in [5, 5.41) is 0. The Balaban J connectivity index is 1.62. The number of rotatable bonds is 2. The molecule has 0 bridgehead atoms. The van der Waals surface area contributed by atoms with E-state index in [1.54, 1.807) is 0 Å². The highest BCUT2D eigenvalue weighted by atomic mass is 16.2. The Morgan fingerprint density at radius 1 is 0.864 bits per heavy atom. The summed E-state index contributed by atoms with van der Waals surface area (Å²) in [6, 6.07) is 16.7. The number of aryl methyl sites for hydroxylation is 2. The van der Waals surface area contributed by atoms with E-state index in [4.69, 9.17) is 0 Å². The van der Waals surface area contributed by atoms with Crippen molar-refractivity contribution in [3.8, 4) is 0 Å². The number of carbonyl (C=O) groups excluding carboxylic acids is 1. The lowest BCUT2D eigenvalue weighted by Crippen LogP contribution is -2.37. The van der Waals surface area contributed by atoms with Gasteiger partial charge < -0.3 is 4.90 Å². The van der Waals surface area contributed by atoms with Gasteiger partial charge in [-0.05, 0) is 50.3 Å². The first-order chi connectivity index (χ1) is 10.6. The standard InChI is InChI=1S/C20H23NO/c1-15-3-7-17(8-4-15)18-11-13-21(14-12-18)20(22)19-9-5-16(2)6-10-19/h3-10,18H,11-14H2,1-2H3. The van der Waals surface area contributed by atoms with E-state index >= 15 is 0 Å². The molecule has 0 spiro atoms. The normalized spacial score (nSPS) is 15.8. The fourth-order valence-corrected chi connectivity index (χ4v) is 3.13. The maximum atomic E-state index is 12.5. The number of benzene rings is 2. The Kier molecular flexibility index (Phi) is 4.28. The number of likely N-dealkylation sites (tertiary alicyclic amines) is 1. The van der Waals surface area contributed by atoms with Crippen LogP contribution in [0.2, 0.25) is 0 Å². The van der Waals surface area contributed by atoms with Gasteiger partial charge >= 0.3 is 0 Å². The number of amides is 1. The smallest absolute Gasteiger partial charge is 0.253 e. The number of piperidine rings is 1. The first-order valence-electron chi connectivity index (χ1n) is 8.06. The van der Waals surface area contributed by atoms with E-state index < -0.39 is 0 Å². The van der Waals surface area contributed by atoms with E-state index in [-0.39, 0.29) is 5.91 Å². The molecule has 114 valence electrons. The monoisotopic (exact) mass is 293 g/mol. The van der Waals surface area contributed by atoms with Crippen LogP contribution in [0, 0.1) is 13.8 Å². The van der Waals surface area contributed by atoms with Crippen LogP contribution in [0.15, 0.2) is 48.5 Å². The van der Waals surface area contributed by atoms with Crippen LogP contribution in [0.1, 0.15) is 45.8 Å². The van der Waals surface area contributed by atoms with Crippen molar-refractivity contribution in [2.24, 2.45) is 0 Å². The van der Waals surface area contributed by atoms with Crippen molar-refractivity contribution < 1.29 is 4.79 Å². The highest BCUT2D eigenvalue weighted by Gasteiger charge is 2.24. The zero-order valence-corrected chi connectivity index (χ0v) is 13.4. The zero-order chi connectivity index (χ0) is 15.5. The number of hydrogen-bond acceptors (Lipinski definition) is 1. The molecule has 0 atom stereocenters. The van der Waals surface area contributed by atoms with E-state index in [0.29, 0.717) is 5.92 Å². The number of nitrogens with zero attached hydrogens (tertiary/aromatic N) is 1. The lowest BCUT2D eigenvalue weighted by Gasteiger charge is -2.32. The molecule has 1 saturated heterocycles. The van der Waals surface area contributed by atoms with E-state index in [1.165, 1.54) is 16.7 Å². The fraction of sp³-hybridized carbons (Fsp3) is 0.350. The van der Waals surface area contributed by atoms with Gasteiger partial charge in [-0.1, -0.05) is 47.5 Å². The predicted octanol–water partition coefficient (Wildman–Crippen LogP) is 4.32. The van der Waals surface area contributed by atoms with Crippen molar-refractivity contribution in [2.75, 3.05) is 13.1 Å². The van der Waals surface area contributed by atoms with E-state index in [2.05, 4.69) is 31.2 Å². The van der Waals surface area contributed by atoms with Gasteiger partial charge in [-0.15, -0.1) is 0 Å². The molecule has 2 nitrogen and oxygen atoms in total. The molecule has 1 aliphatic rings. The number of carbonyl (C=O) groups is 1. The topological polar surface area (TPSA) is 20.3 Å². The molecule has 0 N–H and O–H groups in total. The lowest BCUT2D eigenvalue weighted by atomic mass is 9.89. The minimum atomic E-state index is 0.169. The van der Waals surface area contributed by atoms with Crippen LogP contribution in [0.3, 0.4) is 0 Å². The molecule has 2 aromatic carbocycles. The summed E-state index contributed by atoms with van der Waals surface area (Å²) in [5.74, 6) is 0.755. The van der Waals surface area contributed by atoms with Gasteiger partial charge in [0, 0.05) is 18.7 Å². The Labute approximate surface area is 132 Å². The van der Waals surface area contributed by atoms with Crippen LogP contribution in [-0.4, -0.2) is 23.9 Å². The Morgan fingerprint density at radius 2 is 1.36 bits per heavy atom. The minimum absolute atomic E-state index is 0.169. The minimum Gasteiger partial charge on any atom is -0.339 e. The van der Waals surface area contributed by atoms with Crippen LogP contribution in [-0.2, 0) is 0 Å². The van der Waals surface area contributed by atoms with Gasteiger partial charge in [-0.2, -0.15) is 0 Å². The van der Waals surface area contributed by atoms with Gasteiger partial charge in [-0.25, -0.2) is 0 Å². The van der Waals surface area contributed by atoms with Crippen molar-refractivity contribution in [1.29, 1.82) is 0 Å². The second kappa shape index (κ2) is 6.35. The van der Waals surface area contributed by atoms with Crippen molar-refractivity contribution in [3.05, 3.63) is 70.8 Å². The third-order valence-electron chi connectivity index (χ3n) is 4.63. The van der Waals surface area contributed by atoms with Crippen LogP contribution in [0.25, 0.3) is 0 Å². The van der Waals surface area contributed by atoms with Crippen LogP contribution < -0.4 is 0 Å². The Hall–Kier alpha value is -2.09. The molecular formula is C20H23NO. The van der Waals surface area contributed by atoms with Gasteiger partial charge in [0.25, 0.3) is 5.91 Å². The molecule has 0 aromatic heterocycles. The maximum Gasteiger partial charge on any atom is 0.253 e. The van der Waals surface area contributed by atoms with Gasteiger partial charge in [0.1, 0.15) is 0 Å². The van der Waals surface area contributed by atoms with Crippen molar-refractivity contribution >= 4 is 5.91 Å². The molecule has 3 rings (SSSR count). The van der Waals surface area contributed by atoms with Gasteiger partial charge in [0.05, 0.1) is 0 Å². The Bertz CT molecular complexity index is 634. The summed E-state index contributed by atoms with van der Waals surface area (Å²) in [6.45, 7) is 5.87. The maximum absolute atomic E-state index is 12.5. The summed E-state index contributed by atoms with van der Waals surface area (Å²) >= 11 is 0. The molecule has 22 heavy (non-hydrogen) atoms. The summed E-state index contributed by atoms with van der Waals surface area (Å²) in [5.41, 5.74) is 4.71. The van der Waals surface area contributed by atoms with Crippen molar-refractivity contribution in [3.63, 3.8) is 0 Å². The van der Waals surface area contributed by atoms with E-state index in [0.717, 1.165) is 31.5 Å².